The molecule has 0 aliphatic heterocycles. The first-order chi connectivity index (χ1) is 9.06. The highest BCUT2D eigenvalue weighted by Crippen LogP contribution is 2.23. The third kappa shape index (κ3) is 3.63. The van der Waals surface area contributed by atoms with E-state index in [4.69, 9.17) is 28.9 Å². The van der Waals surface area contributed by atoms with Crippen LogP contribution in [0.2, 0.25) is 10.0 Å². The minimum absolute atomic E-state index is 0.186. The van der Waals surface area contributed by atoms with Gasteiger partial charge in [0.05, 0.1) is 17.8 Å². The lowest BCUT2D eigenvalue weighted by Crippen LogP contribution is -2.15. The summed E-state index contributed by atoms with van der Waals surface area (Å²) in [5.74, 6) is -0.193. The number of carbonyl (C=O) groups is 1. The quantitative estimate of drug-likeness (QED) is 0.847. The minimum atomic E-state index is -0.193. The molecule has 0 spiro atoms. The molecule has 0 saturated carbocycles. The molecule has 0 fully saturated rings. The zero-order chi connectivity index (χ0) is 13.8. The van der Waals surface area contributed by atoms with E-state index in [1.807, 2.05) is 18.2 Å². The van der Waals surface area contributed by atoms with Gasteiger partial charge in [0.25, 0.3) is 0 Å². The third-order valence-corrected chi connectivity index (χ3v) is 3.20. The second-order valence-corrected chi connectivity index (χ2v) is 4.89. The number of anilines is 2. The molecule has 0 saturated heterocycles. The molecule has 3 N–H and O–H groups in total. The summed E-state index contributed by atoms with van der Waals surface area (Å²) in [5, 5.41) is 3.80. The molecule has 5 heteroatoms. The Morgan fingerprint density at radius 1 is 1.16 bits per heavy atom. The Balaban J connectivity index is 2.10. The van der Waals surface area contributed by atoms with Gasteiger partial charge in [-0.25, -0.2) is 0 Å². The van der Waals surface area contributed by atoms with Crippen LogP contribution < -0.4 is 11.1 Å². The highest BCUT2D eigenvalue weighted by molar-refractivity contribution is 6.31. The molecular formula is C14H12Cl2N2O. The van der Waals surface area contributed by atoms with E-state index in [0.29, 0.717) is 21.4 Å². The largest absolute Gasteiger partial charge is 0.397 e. The van der Waals surface area contributed by atoms with E-state index >= 15 is 0 Å². The molecule has 0 aromatic heterocycles. The molecule has 2 rings (SSSR count). The maximum Gasteiger partial charge on any atom is 0.228 e. The molecule has 2 aromatic rings. The highest BCUT2D eigenvalue weighted by Gasteiger charge is 2.09. The number of nitrogens with two attached hydrogens (primary N) is 1. The van der Waals surface area contributed by atoms with Crippen molar-refractivity contribution in [3.05, 3.63) is 58.1 Å². The second kappa shape index (κ2) is 5.95. The third-order valence-electron chi connectivity index (χ3n) is 2.60. The van der Waals surface area contributed by atoms with Crippen molar-refractivity contribution in [1.29, 1.82) is 0 Å². The van der Waals surface area contributed by atoms with Crippen molar-refractivity contribution in [1.82, 2.24) is 0 Å². The van der Waals surface area contributed by atoms with E-state index < -0.39 is 0 Å². The van der Waals surface area contributed by atoms with Gasteiger partial charge in [0.1, 0.15) is 0 Å². The lowest BCUT2D eigenvalue weighted by atomic mass is 10.1. The topological polar surface area (TPSA) is 55.1 Å². The number of nitrogen functional groups attached to an aromatic ring is 1. The van der Waals surface area contributed by atoms with E-state index in [1.165, 1.54) is 0 Å². The van der Waals surface area contributed by atoms with E-state index in [0.717, 1.165) is 5.56 Å². The zero-order valence-corrected chi connectivity index (χ0v) is 11.5. The molecule has 0 atom stereocenters. The van der Waals surface area contributed by atoms with Gasteiger partial charge in [-0.15, -0.1) is 0 Å². The van der Waals surface area contributed by atoms with Crippen LogP contribution in [0.15, 0.2) is 42.5 Å². The number of halogens is 2. The summed E-state index contributed by atoms with van der Waals surface area (Å²) in [6, 6.07) is 12.1. The molecule has 2 aromatic carbocycles. The van der Waals surface area contributed by atoms with Crippen LogP contribution in [0.1, 0.15) is 5.56 Å². The first-order valence-electron chi connectivity index (χ1n) is 5.64. The van der Waals surface area contributed by atoms with Crippen LogP contribution in [-0.4, -0.2) is 5.91 Å². The van der Waals surface area contributed by atoms with E-state index in [2.05, 4.69) is 5.32 Å². The maximum atomic E-state index is 11.9. The molecule has 1 amide bonds. The van der Waals surface area contributed by atoms with Crippen LogP contribution in [-0.2, 0) is 11.2 Å². The number of amides is 1. The van der Waals surface area contributed by atoms with Crippen LogP contribution in [0.5, 0.6) is 0 Å². The number of benzene rings is 2. The van der Waals surface area contributed by atoms with Crippen LogP contribution >= 0.6 is 23.2 Å². The molecule has 19 heavy (non-hydrogen) atoms. The van der Waals surface area contributed by atoms with Crippen molar-refractivity contribution >= 4 is 40.5 Å². The van der Waals surface area contributed by atoms with Gasteiger partial charge in [-0.1, -0.05) is 41.4 Å². The van der Waals surface area contributed by atoms with Gasteiger partial charge in [0.2, 0.25) is 5.91 Å². The molecule has 0 aliphatic rings. The molecule has 0 unspecified atom stereocenters. The number of hydrogen-bond donors (Lipinski definition) is 2. The summed E-state index contributed by atoms with van der Waals surface area (Å²) in [4.78, 5) is 11.9. The van der Waals surface area contributed by atoms with Gasteiger partial charge >= 0.3 is 0 Å². The lowest BCUT2D eigenvalue weighted by molar-refractivity contribution is -0.115. The summed E-state index contributed by atoms with van der Waals surface area (Å²) in [6.07, 6.45) is 0.186. The molecule has 0 bridgehead atoms. The Bertz CT molecular complexity index is 614. The summed E-state index contributed by atoms with van der Waals surface area (Å²) in [5.41, 5.74) is 7.50. The van der Waals surface area contributed by atoms with E-state index in [-0.39, 0.29) is 12.3 Å². The van der Waals surface area contributed by atoms with Crippen molar-refractivity contribution < 1.29 is 4.79 Å². The lowest BCUT2D eigenvalue weighted by Gasteiger charge is -2.09. The fraction of sp³-hybridized carbons (Fsp3) is 0.0714. The number of carbonyl (C=O) groups excluding carboxylic acids is 1. The Labute approximate surface area is 121 Å². The summed E-state index contributed by atoms with van der Waals surface area (Å²) in [7, 11) is 0. The van der Waals surface area contributed by atoms with Crippen molar-refractivity contribution in [3.8, 4) is 0 Å². The van der Waals surface area contributed by atoms with Crippen molar-refractivity contribution in [2.75, 3.05) is 11.1 Å². The number of hydrogen-bond acceptors (Lipinski definition) is 2. The van der Waals surface area contributed by atoms with Crippen molar-refractivity contribution in [2.24, 2.45) is 0 Å². The van der Waals surface area contributed by atoms with Gasteiger partial charge in [0.15, 0.2) is 0 Å². The zero-order valence-electron chi connectivity index (χ0n) is 9.99. The second-order valence-electron chi connectivity index (χ2n) is 4.05. The smallest absolute Gasteiger partial charge is 0.228 e. The SMILES string of the molecule is Nc1ccc(Cl)cc1NC(=O)Cc1ccccc1Cl. The highest BCUT2D eigenvalue weighted by atomic mass is 35.5. The molecule has 3 nitrogen and oxygen atoms in total. The van der Waals surface area contributed by atoms with Gasteiger partial charge in [-0.05, 0) is 29.8 Å². The maximum absolute atomic E-state index is 11.9. The molecule has 98 valence electrons. The van der Waals surface area contributed by atoms with Crippen LogP contribution in [0.3, 0.4) is 0 Å². The van der Waals surface area contributed by atoms with E-state index in [9.17, 15) is 4.79 Å². The summed E-state index contributed by atoms with van der Waals surface area (Å²) in [6.45, 7) is 0. The van der Waals surface area contributed by atoms with Crippen LogP contribution in [0.4, 0.5) is 11.4 Å². The summed E-state index contributed by atoms with van der Waals surface area (Å²) >= 11 is 11.9. The molecule has 0 aliphatic carbocycles. The van der Waals surface area contributed by atoms with Gasteiger partial charge in [-0.2, -0.15) is 0 Å². The van der Waals surface area contributed by atoms with E-state index in [1.54, 1.807) is 24.3 Å². The molecular weight excluding hydrogens is 283 g/mol. The van der Waals surface area contributed by atoms with Crippen LogP contribution in [0.25, 0.3) is 0 Å². The average Bonchev–Trinajstić information content (AvgIpc) is 2.37. The van der Waals surface area contributed by atoms with Crippen LogP contribution in [0, 0.1) is 0 Å². The predicted molar refractivity (Wildman–Crippen MR) is 79.7 cm³/mol. The molecule has 0 radical (unpaired) electrons. The van der Waals surface area contributed by atoms with Crippen molar-refractivity contribution in [3.63, 3.8) is 0 Å². The normalized spacial score (nSPS) is 10.2. The predicted octanol–water partition coefficient (Wildman–Crippen LogP) is 3.76. The summed E-state index contributed by atoms with van der Waals surface area (Å²) < 4.78 is 0. The number of rotatable bonds is 3. The van der Waals surface area contributed by atoms with Gasteiger partial charge in [-0.3, -0.25) is 4.79 Å². The number of nitrogens with one attached hydrogen (secondary N) is 1. The fourth-order valence-electron chi connectivity index (χ4n) is 1.65. The molecule has 0 heterocycles. The average molecular weight is 295 g/mol. The Kier molecular flexibility index (Phi) is 4.30. The van der Waals surface area contributed by atoms with Gasteiger partial charge in [0, 0.05) is 10.0 Å². The first-order valence-corrected chi connectivity index (χ1v) is 6.40. The fourth-order valence-corrected chi connectivity index (χ4v) is 2.02. The Hall–Kier alpha value is -1.71. The first kappa shape index (κ1) is 13.7. The monoisotopic (exact) mass is 294 g/mol. The standard InChI is InChI=1S/C14H12Cl2N2O/c15-10-5-6-12(17)13(8-10)18-14(19)7-9-3-1-2-4-11(9)16/h1-6,8H,7,17H2,(H,18,19). The Morgan fingerprint density at radius 3 is 2.63 bits per heavy atom. The Morgan fingerprint density at radius 2 is 1.89 bits per heavy atom. The van der Waals surface area contributed by atoms with Crippen molar-refractivity contribution in [2.45, 2.75) is 6.42 Å². The minimum Gasteiger partial charge on any atom is -0.397 e. The van der Waals surface area contributed by atoms with Gasteiger partial charge < -0.3 is 11.1 Å².